The van der Waals surface area contributed by atoms with E-state index in [1.54, 1.807) is 0 Å². The highest BCUT2D eigenvalue weighted by molar-refractivity contribution is 7.80. The van der Waals surface area contributed by atoms with Crippen molar-refractivity contribution in [3.63, 3.8) is 0 Å². The summed E-state index contributed by atoms with van der Waals surface area (Å²) in [6, 6.07) is 0.575. The lowest BCUT2D eigenvalue weighted by molar-refractivity contribution is 0.210. The van der Waals surface area contributed by atoms with Crippen LogP contribution in [0.4, 0.5) is 0 Å². The summed E-state index contributed by atoms with van der Waals surface area (Å²) < 4.78 is 0. The molecule has 1 aliphatic carbocycles. The Morgan fingerprint density at radius 3 is 2.80 bits per heavy atom. The lowest BCUT2D eigenvalue weighted by Crippen LogP contribution is -2.45. The van der Waals surface area contributed by atoms with Gasteiger partial charge in [0.2, 0.25) is 0 Å². The van der Waals surface area contributed by atoms with Gasteiger partial charge in [-0.25, -0.2) is 0 Å². The monoisotopic (exact) mass is 228 g/mol. The van der Waals surface area contributed by atoms with Crippen LogP contribution in [-0.4, -0.2) is 17.7 Å². The van der Waals surface area contributed by atoms with Crippen molar-refractivity contribution in [2.24, 2.45) is 5.41 Å². The molecule has 88 valence electrons. The van der Waals surface area contributed by atoms with Crippen molar-refractivity contribution in [3.8, 4) is 0 Å². The molecule has 0 aliphatic heterocycles. The summed E-state index contributed by atoms with van der Waals surface area (Å²) in [5.74, 6) is 0. The molecule has 0 aromatic carbocycles. The maximum atomic E-state index is 5.25. The predicted molar refractivity (Wildman–Crippen MR) is 70.1 cm³/mol. The molecule has 0 spiro atoms. The molecule has 0 heterocycles. The van der Waals surface area contributed by atoms with E-state index in [1.165, 1.54) is 25.7 Å². The van der Waals surface area contributed by atoms with E-state index in [1.807, 2.05) is 0 Å². The molecule has 1 atom stereocenters. The third kappa shape index (κ3) is 4.83. The Morgan fingerprint density at radius 2 is 2.20 bits per heavy atom. The third-order valence-corrected chi connectivity index (χ3v) is 3.34. The first-order chi connectivity index (χ1) is 7.03. The molecule has 0 aromatic rings. The highest BCUT2D eigenvalue weighted by Gasteiger charge is 2.27. The van der Waals surface area contributed by atoms with Gasteiger partial charge in [-0.15, -0.1) is 0 Å². The molecule has 1 aliphatic rings. The normalized spacial score (nSPS) is 24.6. The number of nitrogens with one attached hydrogen (secondary N) is 2. The number of thiocarbonyl (C=S) groups is 1. The summed E-state index contributed by atoms with van der Waals surface area (Å²) in [6.07, 6.45) is 6.29. The highest BCUT2D eigenvalue weighted by Crippen LogP contribution is 2.34. The van der Waals surface area contributed by atoms with E-state index in [2.05, 4.69) is 31.4 Å². The summed E-state index contributed by atoms with van der Waals surface area (Å²) in [6.45, 7) is 7.83. The van der Waals surface area contributed by atoms with Gasteiger partial charge in [0.25, 0.3) is 0 Å². The molecular formula is C12H24N2S. The van der Waals surface area contributed by atoms with Crippen LogP contribution in [-0.2, 0) is 0 Å². The minimum atomic E-state index is 0.482. The number of hydrogen-bond donors (Lipinski definition) is 2. The lowest BCUT2D eigenvalue weighted by Gasteiger charge is -2.36. The van der Waals surface area contributed by atoms with E-state index in [4.69, 9.17) is 12.2 Å². The van der Waals surface area contributed by atoms with Crippen molar-refractivity contribution in [1.29, 1.82) is 0 Å². The zero-order valence-corrected chi connectivity index (χ0v) is 11.0. The molecule has 15 heavy (non-hydrogen) atoms. The van der Waals surface area contributed by atoms with E-state index in [0.29, 0.717) is 11.5 Å². The average molecular weight is 228 g/mol. The molecule has 1 unspecified atom stereocenters. The van der Waals surface area contributed by atoms with Crippen LogP contribution < -0.4 is 10.6 Å². The molecule has 3 heteroatoms. The molecule has 0 amide bonds. The van der Waals surface area contributed by atoms with Crippen molar-refractivity contribution in [3.05, 3.63) is 0 Å². The molecule has 2 nitrogen and oxygen atoms in total. The Morgan fingerprint density at radius 1 is 1.47 bits per heavy atom. The summed E-state index contributed by atoms with van der Waals surface area (Å²) in [5.41, 5.74) is 0.482. The highest BCUT2D eigenvalue weighted by atomic mass is 32.1. The Kier molecular flexibility index (Phi) is 4.84. The van der Waals surface area contributed by atoms with Gasteiger partial charge in [0, 0.05) is 12.6 Å². The third-order valence-electron chi connectivity index (χ3n) is 3.08. The van der Waals surface area contributed by atoms with Gasteiger partial charge >= 0.3 is 0 Å². The van der Waals surface area contributed by atoms with Crippen LogP contribution in [0.5, 0.6) is 0 Å². The van der Waals surface area contributed by atoms with Gasteiger partial charge in [-0.05, 0) is 43.3 Å². The van der Waals surface area contributed by atoms with Gasteiger partial charge < -0.3 is 10.6 Å². The van der Waals surface area contributed by atoms with Gasteiger partial charge in [-0.1, -0.05) is 27.2 Å². The lowest BCUT2D eigenvalue weighted by atomic mass is 9.75. The Labute approximate surface area is 99.2 Å². The van der Waals surface area contributed by atoms with Crippen LogP contribution in [0.1, 0.15) is 52.9 Å². The quantitative estimate of drug-likeness (QED) is 0.726. The first-order valence-corrected chi connectivity index (χ1v) is 6.49. The first-order valence-electron chi connectivity index (χ1n) is 6.08. The molecule has 1 fully saturated rings. The smallest absolute Gasteiger partial charge is 0.166 e. The van der Waals surface area contributed by atoms with Crippen molar-refractivity contribution in [2.75, 3.05) is 6.54 Å². The maximum absolute atomic E-state index is 5.25. The Hall–Kier alpha value is -0.310. The van der Waals surface area contributed by atoms with Crippen molar-refractivity contribution < 1.29 is 0 Å². The van der Waals surface area contributed by atoms with Gasteiger partial charge in [0.05, 0.1) is 0 Å². The minimum absolute atomic E-state index is 0.482. The molecule has 1 saturated carbocycles. The SMILES string of the molecule is CCCNC(=S)NC1CCCC(C)(C)C1. The second kappa shape index (κ2) is 5.69. The van der Waals surface area contributed by atoms with E-state index in [0.717, 1.165) is 18.1 Å². The Bertz CT molecular complexity index is 214. The average Bonchev–Trinajstić information content (AvgIpc) is 2.13. The van der Waals surface area contributed by atoms with Gasteiger partial charge in [-0.2, -0.15) is 0 Å². The van der Waals surface area contributed by atoms with Crippen molar-refractivity contribution >= 4 is 17.3 Å². The van der Waals surface area contributed by atoms with E-state index in [9.17, 15) is 0 Å². The minimum Gasteiger partial charge on any atom is -0.363 e. The zero-order valence-electron chi connectivity index (χ0n) is 10.2. The second-order valence-electron chi connectivity index (χ2n) is 5.36. The van der Waals surface area contributed by atoms with Crippen LogP contribution in [0.15, 0.2) is 0 Å². The molecule has 0 bridgehead atoms. The topological polar surface area (TPSA) is 24.1 Å². The fourth-order valence-corrected chi connectivity index (χ4v) is 2.57. The van der Waals surface area contributed by atoms with E-state index < -0.39 is 0 Å². The molecule has 2 N–H and O–H groups in total. The van der Waals surface area contributed by atoms with Gasteiger partial charge in [0.1, 0.15) is 0 Å². The zero-order chi connectivity index (χ0) is 11.3. The van der Waals surface area contributed by atoms with Crippen LogP contribution in [0.2, 0.25) is 0 Å². The van der Waals surface area contributed by atoms with Crippen molar-refractivity contribution in [2.45, 2.75) is 58.9 Å². The van der Waals surface area contributed by atoms with Crippen LogP contribution in [0, 0.1) is 5.41 Å². The van der Waals surface area contributed by atoms with Gasteiger partial charge in [0.15, 0.2) is 5.11 Å². The predicted octanol–water partition coefficient (Wildman–Crippen LogP) is 2.83. The van der Waals surface area contributed by atoms with Crippen LogP contribution in [0.25, 0.3) is 0 Å². The summed E-state index contributed by atoms with van der Waals surface area (Å²) in [5, 5.41) is 7.49. The maximum Gasteiger partial charge on any atom is 0.166 e. The fourth-order valence-electron chi connectivity index (χ4n) is 2.30. The fraction of sp³-hybridized carbons (Fsp3) is 0.917. The van der Waals surface area contributed by atoms with Crippen LogP contribution >= 0.6 is 12.2 Å². The molecular weight excluding hydrogens is 204 g/mol. The number of rotatable bonds is 3. The standard InChI is InChI=1S/C12H24N2S/c1-4-8-13-11(15)14-10-6-5-7-12(2,3)9-10/h10H,4-9H2,1-3H3,(H2,13,14,15). The summed E-state index contributed by atoms with van der Waals surface area (Å²) in [4.78, 5) is 0. The summed E-state index contributed by atoms with van der Waals surface area (Å²) >= 11 is 5.25. The number of hydrogen-bond acceptors (Lipinski definition) is 1. The molecule has 0 saturated heterocycles. The molecule has 0 radical (unpaired) electrons. The second-order valence-corrected chi connectivity index (χ2v) is 5.77. The molecule has 0 aromatic heterocycles. The largest absolute Gasteiger partial charge is 0.363 e. The van der Waals surface area contributed by atoms with E-state index >= 15 is 0 Å². The molecule has 1 rings (SSSR count). The van der Waals surface area contributed by atoms with Crippen molar-refractivity contribution in [1.82, 2.24) is 10.6 Å². The summed E-state index contributed by atoms with van der Waals surface area (Å²) in [7, 11) is 0. The van der Waals surface area contributed by atoms with Gasteiger partial charge in [-0.3, -0.25) is 0 Å². The Balaban J connectivity index is 2.28. The first kappa shape index (κ1) is 12.8. The van der Waals surface area contributed by atoms with Crippen LogP contribution in [0.3, 0.4) is 0 Å². The van der Waals surface area contributed by atoms with E-state index in [-0.39, 0.29) is 0 Å².